The summed E-state index contributed by atoms with van der Waals surface area (Å²) in [6.45, 7) is 3.63. The molecule has 12 amide bonds. The third-order valence-electron chi connectivity index (χ3n) is 23.0. The number of rotatable bonds is 14. The van der Waals surface area contributed by atoms with Crippen LogP contribution in [0.15, 0.2) is 36.4 Å². The van der Waals surface area contributed by atoms with Gasteiger partial charge in [0.15, 0.2) is 0 Å². The molecule has 0 aromatic heterocycles. The van der Waals surface area contributed by atoms with Crippen molar-refractivity contribution in [3.63, 3.8) is 0 Å². The van der Waals surface area contributed by atoms with Crippen LogP contribution in [0.5, 0.6) is 0 Å². The molecule has 3 N–H and O–H groups in total. The van der Waals surface area contributed by atoms with E-state index in [1.54, 1.807) is 27.7 Å². The summed E-state index contributed by atoms with van der Waals surface area (Å²) in [5.41, 5.74) is -5.71. The highest BCUT2D eigenvalue weighted by Crippen LogP contribution is 2.40. The minimum Gasteiger partial charge on any atom is -0.378 e. The lowest BCUT2D eigenvalue weighted by Crippen LogP contribution is -2.69. The standard InChI is InChI=1S/C77H105F11N12O14/c1-11-45(4)62-71(110)93(6)43-60(103)94(7)53-19-14-15-30-99(70(53)109)56(40-46-20-23-49(24-21-46)76(83,84)85)68(107)92(5)42-58(101)89-52(25-22-47-38-50(78)61(51(79)39-47)77(86,87)88)67(106)100-31-26-57(114-34-29-75(80,81)82)64(100)66(105)91-74(27-16-28-74)73(112)97(10)63(48-17-12-13-18-48)72(111)96(9)55(69(108)98-32-35-113-36-33-98)41-59(102)95(8)54(37-44(2)3)65(104)90-62/h20-21,23-24,38-39,44-45,48,52-57,62-64H,11-19,22,25-37,40-43H2,1-10H3,(H,89,101)(H,90,104)(H,91,105)/t45-,52+,53-,54-,55-,56-,57-,62-,63-,64-/m0/s1. The molecule has 4 saturated heterocycles. The van der Waals surface area contributed by atoms with Crippen LogP contribution >= 0.6 is 0 Å². The predicted octanol–water partition coefficient (Wildman–Crippen LogP) is 6.28. The number of hydrogen-bond donors (Lipinski definition) is 3. The van der Waals surface area contributed by atoms with Gasteiger partial charge in [-0.1, -0.05) is 59.1 Å². The van der Waals surface area contributed by atoms with Crippen molar-refractivity contribution >= 4 is 70.9 Å². The van der Waals surface area contributed by atoms with Gasteiger partial charge in [0.05, 0.1) is 57.4 Å². The highest BCUT2D eigenvalue weighted by molar-refractivity contribution is 6.01. The topological polar surface area (TPSA) is 289 Å². The molecule has 4 heterocycles. The number of likely N-dealkylation sites (N-methyl/N-ethyl adjacent to an activating group) is 6. The number of fused-ring (bicyclic) bond motifs is 3. The lowest BCUT2D eigenvalue weighted by atomic mass is 9.74. The number of carbonyl (C=O) groups excluding carboxylic acids is 12. The summed E-state index contributed by atoms with van der Waals surface area (Å²) in [6, 6.07) is -8.59. The molecule has 114 heavy (non-hydrogen) atoms. The summed E-state index contributed by atoms with van der Waals surface area (Å²) in [4.78, 5) is 192. The molecule has 8 rings (SSSR count). The normalized spacial score (nSPS) is 26.1. The molecule has 2 bridgehead atoms. The van der Waals surface area contributed by atoms with Gasteiger partial charge in [0, 0.05) is 74.9 Å². The molecule has 6 aliphatic rings. The quantitative estimate of drug-likeness (QED) is 0.176. The summed E-state index contributed by atoms with van der Waals surface area (Å²) in [6.07, 6.45) is -19.0. The second-order valence-electron chi connectivity index (χ2n) is 31.4. The Labute approximate surface area is 655 Å². The predicted molar refractivity (Wildman–Crippen MR) is 388 cm³/mol. The second kappa shape index (κ2) is 38.3. The Bertz CT molecular complexity index is 3790. The number of amides is 12. The molecule has 37 heteroatoms. The van der Waals surface area contributed by atoms with E-state index in [0.29, 0.717) is 37.8 Å². The van der Waals surface area contributed by atoms with Gasteiger partial charge in [0.25, 0.3) is 0 Å². The van der Waals surface area contributed by atoms with Crippen molar-refractivity contribution in [1.29, 1.82) is 0 Å². The van der Waals surface area contributed by atoms with E-state index in [0.717, 1.165) is 70.5 Å². The molecular weight excluding hydrogens is 1530 g/mol. The molecule has 2 saturated carbocycles. The van der Waals surface area contributed by atoms with Crippen LogP contribution in [0, 0.1) is 29.4 Å². The highest BCUT2D eigenvalue weighted by Gasteiger charge is 2.55. The average molecular weight is 1630 g/mol. The first-order chi connectivity index (χ1) is 53.4. The van der Waals surface area contributed by atoms with E-state index in [-0.39, 0.29) is 95.7 Å². The first-order valence-electron chi connectivity index (χ1n) is 38.7. The van der Waals surface area contributed by atoms with E-state index < -0.39 is 254 Å². The lowest BCUT2D eigenvalue weighted by Gasteiger charge is -2.47. The van der Waals surface area contributed by atoms with E-state index in [1.165, 1.54) is 40.1 Å². The fraction of sp³-hybridized carbons (Fsp3) is 0.688. The maximum atomic E-state index is 15.8. The maximum Gasteiger partial charge on any atom is 0.422 e. The fourth-order valence-electron chi connectivity index (χ4n) is 16.0. The number of benzene rings is 2. The first kappa shape index (κ1) is 90.8. The van der Waals surface area contributed by atoms with Crippen molar-refractivity contribution in [1.82, 2.24) is 60.0 Å². The smallest absolute Gasteiger partial charge is 0.378 e. The summed E-state index contributed by atoms with van der Waals surface area (Å²) in [7, 11) is 7.57. The number of alkyl halides is 9. The van der Waals surface area contributed by atoms with Crippen molar-refractivity contribution in [2.75, 3.05) is 101 Å². The van der Waals surface area contributed by atoms with E-state index >= 15 is 47.1 Å². The lowest BCUT2D eigenvalue weighted by molar-refractivity contribution is -0.160. The number of halogens is 11. The molecule has 4 aliphatic heterocycles. The van der Waals surface area contributed by atoms with Gasteiger partial charge in [-0.05, 0) is 130 Å². The highest BCUT2D eigenvalue weighted by atomic mass is 19.4. The van der Waals surface area contributed by atoms with Crippen LogP contribution < -0.4 is 16.0 Å². The number of hydrogen-bond acceptors (Lipinski definition) is 14. The zero-order valence-electron chi connectivity index (χ0n) is 65.9. The SMILES string of the molecule is CC[C@H](C)[C@@H]1NC(=O)[C@H](CC(C)C)N(C)C(=O)C[C@@H](C(=O)N2CCOCC2)N(C)C(=O)[C@H](C2CCCC2)N(C)C(=O)C2(CCC2)NC(=O)[C@@H]2[C@@H](OCCC(F)(F)F)CCN2C(=O)[C@@H](CCc2cc(F)c(C(F)(F)F)c(F)c2)NC(=O)CN(C)C(=O)[C@H](Cc2ccc(C(F)(F)F)cc2)N2CCCC[C@@H](C2=O)N(C)C(=O)CN(C)C1=O. The molecular formula is C77H105F11N12O14. The molecule has 0 radical (unpaired) electrons. The molecule has 10 atom stereocenters. The minimum atomic E-state index is -5.53. The number of nitrogens with one attached hydrogen (secondary N) is 3. The van der Waals surface area contributed by atoms with E-state index in [2.05, 4.69) is 16.0 Å². The van der Waals surface area contributed by atoms with Crippen LogP contribution in [0.3, 0.4) is 0 Å². The van der Waals surface area contributed by atoms with Gasteiger partial charge in [-0.3, -0.25) is 57.5 Å². The Hall–Kier alpha value is -8.77. The summed E-state index contributed by atoms with van der Waals surface area (Å²) in [5, 5.41) is 7.99. The average Bonchev–Trinajstić information content (AvgIpc) is 1.19. The van der Waals surface area contributed by atoms with Crippen LogP contribution in [0.4, 0.5) is 48.3 Å². The van der Waals surface area contributed by atoms with Crippen LogP contribution in [-0.2, 0) is 92.2 Å². The van der Waals surface area contributed by atoms with Crippen molar-refractivity contribution in [2.45, 2.75) is 222 Å². The molecule has 2 aromatic rings. The Kier molecular flexibility index (Phi) is 30.5. The Morgan fingerprint density at radius 2 is 1.23 bits per heavy atom. The van der Waals surface area contributed by atoms with Crippen molar-refractivity contribution < 1.29 is 115 Å². The minimum absolute atomic E-state index is 0.00220. The third kappa shape index (κ3) is 22.0. The van der Waals surface area contributed by atoms with E-state index in [4.69, 9.17) is 9.47 Å². The zero-order chi connectivity index (χ0) is 84.4. The molecule has 2 aliphatic carbocycles. The summed E-state index contributed by atoms with van der Waals surface area (Å²) < 4.78 is 167. The van der Waals surface area contributed by atoms with Crippen LogP contribution in [0.2, 0.25) is 0 Å². The number of nitrogens with zero attached hydrogens (tertiary/aromatic N) is 9. The van der Waals surface area contributed by atoms with Gasteiger partial charge in [0.1, 0.15) is 71.1 Å². The third-order valence-corrected chi connectivity index (χ3v) is 23.0. The maximum absolute atomic E-state index is 15.8. The van der Waals surface area contributed by atoms with Crippen LogP contribution in [-0.4, -0.2) is 283 Å². The van der Waals surface area contributed by atoms with Gasteiger partial charge >= 0.3 is 18.5 Å². The monoisotopic (exact) mass is 1630 g/mol. The van der Waals surface area contributed by atoms with Gasteiger partial charge in [-0.2, -0.15) is 39.5 Å². The number of aryl methyl sites for hydroxylation is 1. The van der Waals surface area contributed by atoms with Crippen molar-refractivity contribution in [2.24, 2.45) is 17.8 Å². The first-order valence-corrected chi connectivity index (χ1v) is 38.7. The van der Waals surface area contributed by atoms with Gasteiger partial charge in [0.2, 0.25) is 70.9 Å². The van der Waals surface area contributed by atoms with Gasteiger partial charge < -0.3 is 69.5 Å². The Balaban J connectivity index is 1.25. The Morgan fingerprint density at radius 1 is 0.614 bits per heavy atom. The molecule has 26 nitrogen and oxygen atoms in total. The van der Waals surface area contributed by atoms with E-state index in [1.807, 2.05) is 0 Å². The van der Waals surface area contributed by atoms with Crippen LogP contribution in [0.1, 0.15) is 153 Å². The number of ether oxygens (including phenoxy) is 2. The van der Waals surface area contributed by atoms with Crippen LogP contribution in [0.25, 0.3) is 0 Å². The Morgan fingerprint density at radius 3 is 1.80 bits per heavy atom. The molecule has 634 valence electrons. The van der Waals surface area contributed by atoms with Crippen molar-refractivity contribution in [3.8, 4) is 0 Å². The molecule has 6 fully saturated rings. The fourth-order valence-corrected chi connectivity index (χ4v) is 16.0. The largest absolute Gasteiger partial charge is 0.422 e. The second-order valence-corrected chi connectivity index (χ2v) is 31.4. The number of carbonyl (C=O) groups is 12. The van der Waals surface area contributed by atoms with Gasteiger partial charge in [-0.25, -0.2) is 8.78 Å². The zero-order valence-corrected chi connectivity index (χ0v) is 65.9. The molecule has 0 unspecified atom stereocenters. The van der Waals surface area contributed by atoms with Crippen molar-refractivity contribution in [3.05, 3.63) is 70.3 Å². The summed E-state index contributed by atoms with van der Waals surface area (Å²) >= 11 is 0. The van der Waals surface area contributed by atoms with E-state index in [9.17, 15) is 58.7 Å². The summed E-state index contributed by atoms with van der Waals surface area (Å²) in [5.74, 6) is -16.8. The van der Waals surface area contributed by atoms with Gasteiger partial charge in [-0.15, -0.1) is 0 Å². The molecule has 2 aromatic carbocycles. The molecule has 1 spiro atoms. The number of morpholine rings is 1.